The quantitative estimate of drug-likeness (QED) is 0.861. The van der Waals surface area contributed by atoms with Crippen molar-refractivity contribution in [3.05, 3.63) is 29.3 Å². The second kappa shape index (κ2) is 5.93. The smallest absolute Gasteiger partial charge is 0.222 e. The van der Waals surface area contributed by atoms with Gasteiger partial charge in [-0.3, -0.25) is 4.79 Å². The molecule has 4 N–H and O–H groups in total. The fourth-order valence-corrected chi connectivity index (χ4v) is 2.73. The van der Waals surface area contributed by atoms with E-state index in [0.717, 1.165) is 24.1 Å². The van der Waals surface area contributed by atoms with E-state index >= 15 is 0 Å². The molecule has 5 heteroatoms. The summed E-state index contributed by atoms with van der Waals surface area (Å²) in [6.45, 7) is 3.09. The van der Waals surface area contributed by atoms with Crippen LogP contribution in [0.4, 0.5) is 5.69 Å². The summed E-state index contributed by atoms with van der Waals surface area (Å²) in [5.41, 5.74) is 13.4. The van der Waals surface area contributed by atoms with E-state index in [4.69, 9.17) is 11.5 Å². The van der Waals surface area contributed by atoms with E-state index in [0.29, 0.717) is 24.7 Å². The van der Waals surface area contributed by atoms with Crippen LogP contribution in [0, 0.1) is 17.2 Å². The molecule has 5 nitrogen and oxygen atoms in total. The van der Waals surface area contributed by atoms with Gasteiger partial charge in [-0.05, 0) is 37.5 Å². The van der Waals surface area contributed by atoms with E-state index in [9.17, 15) is 10.1 Å². The third-order valence-electron chi connectivity index (χ3n) is 4.01. The van der Waals surface area contributed by atoms with Crippen LogP contribution in [-0.2, 0) is 11.3 Å². The van der Waals surface area contributed by atoms with Gasteiger partial charge in [-0.25, -0.2) is 0 Å². The SMILES string of the molecule is CC1CCC(C(N)=O)CN1c1ccc(CN)cc1C#N. The normalized spacial score (nSPS) is 22.4. The van der Waals surface area contributed by atoms with E-state index in [1.165, 1.54) is 0 Å². The number of benzene rings is 1. The molecule has 0 spiro atoms. The molecule has 20 heavy (non-hydrogen) atoms. The van der Waals surface area contributed by atoms with Gasteiger partial charge in [0.1, 0.15) is 6.07 Å². The lowest BCUT2D eigenvalue weighted by atomic mass is 9.91. The van der Waals surface area contributed by atoms with Crippen LogP contribution >= 0.6 is 0 Å². The highest BCUT2D eigenvalue weighted by atomic mass is 16.1. The van der Waals surface area contributed by atoms with E-state index in [1.807, 2.05) is 18.2 Å². The number of carbonyl (C=O) groups excluding carboxylic acids is 1. The molecule has 0 aliphatic carbocycles. The Morgan fingerprint density at radius 3 is 2.85 bits per heavy atom. The van der Waals surface area contributed by atoms with Gasteiger partial charge in [0, 0.05) is 19.1 Å². The monoisotopic (exact) mass is 272 g/mol. The van der Waals surface area contributed by atoms with Gasteiger partial charge < -0.3 is 16.4 Å². The number of rotatable bonds is 3. The third kappa shape index (κ3) is 2.75. The predicted octanol–water partition coefficient (Wildman–Crippen LogP) is 1.11. The van der Waals surface area contributed by atoms with Crippen molar-refractivity contribution in [1.29, 1.82) is 5.26 Å². The van der Waals surface area contributed by atoms with Crippen LogP contribution in [0.25, 0.3) is 0 Å². The number of piperidine rings is 1. The molecule has 0 saturated carbocycles. The van der Waals surface area contributed by atoms with Crippen molar-refractivity contribution in [2.45, 2.75) is 32.4 Å². The van der Waals surface area contributed by atoms with Crippen molar-refractivity contribution >= 4 is 11.6 Å². The molecule has 0 radical (unpaired) electrons. The van der Waals surface area contributed by atoms with Crippen LogP contribution in [-0.4, -0.2) is 18.5 Å². The first-order valence-corrected chi connectivity index (χ1v) is 6.86. The van der Waals surface area contributed by atoms with Gasteiger partial charge in [0.2, 0.25) is 5.91 Å². The van der Waals surface area contributed by atoms with Crippen molar-refractivity contribution in [3.63, 3.8) is 0 Å². The van der Waals surface area contributed by atoms with Crippen LogP contribution in [0.15, 0.2) is 18.2 Å². The fraction of sp³-hybridized carbons (Fsp3) is 0.467. The van der Waals surface area contributed by atoms with Gasteiger partial charge in [-0.2, -0.15) is 5.26 Å². The minimum Gasteiger partial charge on any atom is -0.369 e. The van der Waals surface area contributed by atoms with Crippen LogP contribution in [0.2, 0.25) is 0 Å². The Balaban J connectivity index is 2.33. The van der Waals surface area contributed by atoms with Gasteiger partial charge in [0.15, 0.2) is 0 Å². The zero-order chi connectivity index (χ0) is 14.7. The maximum atomic E-state index is 11.4. The Morgan fingerprint density at radius 1 is 1.50 bits per heavy atom. The highest BCUT2D eigenvalue weighted by Gasteiger charge is 2.29. The summed E-state index contributed by atoms with van der Waals surface area (Å²) in [4.78, 5) is 13.5. The summed E-state index contributed by atoms with van der Waals surface area (Å²) < 4.78 is 0. The molecule has 1 fully saturated rings. The minimum atomic E-state index is -0.265. The molecule has 2 unspecified atom stereocenters. The highest BCUT2D eigenvalue weighted by molar-refractivity contribution is 5.78. The number of hydrogen-bond acceptors (Lipinski definition) is 4. The molecule has 1 saturated heterocycles. The molecule has 1 amide bonds. The van der Waals surface area contributed by atoms with E-state index in [-0.39, 0.29) is 11.8 Å². The van der Waals surface area contributed by atoms with E-state index < -0.39 is 0 Å². The van der Waals surface area contributed by atoms with Crippen molar-refractivity contribution in [2.75, 3.05) is 11.4 Å². The standard InChI is InChI=1S/C15H20N4O/c1-10-2-4-12(15(18)20)9-19(10)14-5-3-11(7-16)6-13(14)8-17/h3,5-6,10,12H,2,4,7,9,16H2,1H3,(H2,18,20). The Labute approximate surface area is 119 Å². The number of hydrogen-bond donors (Lipinski definition) is 2. The Hall–Kier alpha value is -2.06. The van der Waals surface area contributed by atoms with Crippen LogP contribution in [0.1, 0.15) is 30.9 Å². The third-order valence-corrected chi connectivity index (χ3v) is 4.01. The zero-order valence-electron chi connectivity index (χ0n) is 11.7. The van der Waals surface area contributed by atoms with Gasteiger partial charge in [-0.1, -0.05) is 6.07 Å². The number of primary amides is 1. The average molecular weight is 272 g/mol. The topological polar surface area (TPSA) is 96.1 Å². The number of amides is 1. The first-order chi connectivity index (χ1) is 9.56. The van der Waals surface area contributed by atoms with Crippen LogP contribution in [0.3, 0.4) is 0 Å². The molecule has 2 rings (SSSR count). The van der Waals surface area contributed by atoms with Crippen molar-refractivity contribution < 1.29 is 4.79 Å². The van der Waals surface area contributed by atoms with Gasteiger partial charge >= 0.3 is 0 Å². The average Bonchev–Trinajstić information content (AvgIpc) is 2.47. The summed E-state index contributed by atoms with van der Waals surface area (Å²) in [7, 11) is 0. The molecular formula is C15H20N4O. The first kappa shape index (κ1) is 14.4. The molecule has 0 aromatic heterocycles. The largest absolute Gasteiger partial charge is 0.369 e. The van der Waals surface area contributed by atoms with E-state index in [1.54, 1.807) is 0 Å². The number of nitrogens with zero attached hydrogens (tertiary/aromatic N) is 2. The molecule has 1 aliphatic rings. The molecule has 1 aromatic carbocycles. The first-order valence-electron chi connectivity index (χ1n) is 6.86. The molecule has 1 aromatic rings. The molecule has 1 aliphatic heterocycles. The van der Waals surface area contributed by atoms with Gasteiger partial charge in [0.05, 0.1) is 17.2 Å². The van der Waals surface area contributed by atoms with Crippen LogP contribution in [0.5, 0.6) is 0 Å². The van der Waals surface area contributed by atoms with Crippen molar-refractivity contribution in [1.82, 2.24) is 0 Å². The predicted molar refractivity (Wildman–Crippen MR) is 77.8 cm³/mol. The number of nitrogens with two attached hydrogens (primary N) is 2. The maximum absolute atomic E-state index is 11.4. The summed E-state index contributed by atoms with van der Waals surface area (Å²) in [6, 6.07) is 8.17. The molecule has 0 bridgehead atoms. The number of anilines is 1. The van der Waals surface area contributed by atoms with Crippen molar-refractivity contribution in [3.8, 4) is 6.07 Å². The molecular weight excluding hydrogens is 252 g/mol. The van der Waals surface area contributed by atoms with Crippen molar-refractivity contribution in [2.24, 2.45) is 17.4 Å². The second-order valence-corrected chi connectivity index (χ2v) is 5.35. The summed E-state index contributed by atoms with van der Waals surface area (Å²) in [6.07, 6.45) is 1.72. The minimum absolute atomic E-state index is 0.146. The lowest BCUT2D eigenvalue weighted by molar-refractivity contribution is -0.122. The Bertz CT molecular complexity index is 549. The molecule has 1 heterocycles. The Kier molecular flexibility index (Phi) is 4.26. The summed E-state index contributed by atoms with van der Waals surface area (Å²) in [5, 5.41) is 9.32. The maximum Gasteiger partial charge on any atom is 0.222 e. The lowest BCUT2D eigenvalue weighted by Gasteiger charge is -2.39. The zero-order valence-corrected chi connectivity index (χ0v) is 11.7. The van der Waals surface area contributed by atoms with E-state index in [2.05, 4.69) is 17.9 Å². The molecule has 2 atom stereocenters. The lowest BCUT2D eigenvalue weighted by Crippen LogP contribution is -2.46. The van der Waals surface area contributed by atoms with Crippen LogP contribution < -0.4 is 16.4 Å². The number of carbonyl (C=O) groups is 1. The summed E-state index contributed by atoms with van der Waals surface area (Å²) >= 11 is 0. The highest BCUT2D eigenvalue weighted by Crippen LogP contribution is 2.30. The Morgan fingerprint density at radius 2 is 2.25 bits per heavy atom. The van der Waals surface area contributed by atoms with Gasteiger partial charge in [-0.15, -0.1) is 0 Å². The van der Waals surface area contributed by atoms with Gasteiger partial charge in [0.25, 0.3) is 0 Å². The molecule has 106 valence electrons. The second-order valence-electron chi connectivity index (χ2n) is 5.35. The summed E-state index contributed by atoms with van der Waals surface area (Å²) in [5.74, 6) is -0.411. The fourth-order valence-electron chi connectivity index (χ4n) is 2.73. The number of nitriles is 1.